The maximum absolute atomic E-state index is 12.8. The van der Waals surface area contributed by atoms with Gasteiger partial charge in [0.1, 0.15) is 5.75 Å². The number of benzene rings is 2. The Kier molecular flexibility index (Phi) is 12.9. The van der Waals surface area contributed by atoms with Gasteiger partial charge in [-0.3, -0.25) is 4.79 Å². The first-order valence-corrected chi connectivity index (χ1v) is 14.2. The highest BCUT2D eigenvalue weighted by Crippen LogP contribution is 2.14. The van der Waals surface area contributed by atoms with Gasteiger partial charge in [0.15, 0.2) is 0 Å². The van der Waals surface area contributed by atoms with Crippen molar-refractivity contribution in [3.05, 3.63) is 65.7 Å². The first-order chi connectivity index (χ1) is 17.3. The van der Waals surface area contributed by atoms with Crippen molar-refractivity contribution in [2.45, 2.75) is 58.2 Å². The standard InChI is InChI=1S/C27H41N3O5S/c1-4-16-30(17-5-2)36(33,34)18-15-27(32)29-25(19-22-11-13-24(35-3)14-12-22)26(31)21-28-20-23-9-7-6-8-10-23/h6-14,25-26,28,31H,4-5,15-21H2,1-3H3,(H,29,32)/t25-,26+/m0/s1. The van der Waals surface area contributed by atoms with E-state index in [1.807, 2.05) is 68.4 Å². The molecule has 0 aromatic heterocycles. The minimum Gasteiger partial charge on any atom is -0.497 e. The number of carbonyl (C=O) groups is 1. The molecule has 2 atom stereocenters. The van der Waals surface area contributed by atoms with Crippen molar-refractivity contribution in [3.63, 3.8) is 0 Å². The van der Waals surface area contributed by atoms with Crippen molar-refractivity contribution in [3.8, 4) is 5.75 Å². The van der Waals surface area contributed by atoms with Crippen LogP contribution in [0.5, 0.6) is 5.75 Å². The van der Waals surface area contributed by atoms with Crippen LogP contribution in [0.2, 0.25) is 0 Å². The number of nitrogens with zero attached hydrogens (tertiary/aromatic N) is 1. The van der Waals surface area contributed by atoms with Crippen LogP contribution in [-0.4, -0.2) is 68.4 Å². The quantitative estimate of drug-likeness (QED) is 0.297. The Bertz CT molecular complexity index is 994. The average Bonchev–Trinajstić information content (AvgIpc) is 2.88. The lowest BCUT2D eigenvalue weighted by Crippen LogP contribution is -2.49. The van der Waals surface area contributed by atoms with Crippen molar-refractivity contribution in [1.82, 2.24) is 14.9 Å². The normalized spacial score (nSPS) is 13.4. The molecule has 36 heavy (non-hydrogen) atoms. The fourth-order valence-corrected chi connectivity index (χ4v) is 5.54. The van der Waals surface area contributed by atoms with Crippen LogP contribution in [0.25, 0.3) is 0 Å². The molecule has 0 bridgehead atoms. The van der Waals surface area contributed by atoms with Gasteiger partial charge < -0.3 is 20.5 Å². The Hall–Kier alpha value is -2.46. The van der Waals surface area contributed by atoms with E-state index in [9.17, 15) is 18.3 Å². The first kappa shape index (κ1) is 29.8. The van der Waals surface area contributed by atoms with Gasteiger partial charge in [0.2, 0.25) is 15.9 Å². The number of hydrogen-bond donors (Lipinski definition) is 3. The number of hydrogen-bond acceptors (Lipinski definition) is 6. The molecule has 2 aromatic carbocycles. The minimum atomic E-state index is -3.53. The molecule has 0 spiro atoms. The molecule has 9 heteroatoms. The number of rotatable bonds is 17. The van der Waals surface area contributed by atoms with Gasteiger partial charge in [0, 0.05) is 32.6 Å². The van der Waals surface area contributed by atoms with Crippen molar-refractivity contribution in [2.75, 3.05) is 32.5 Å². The van der Waals surface area contributed by atoms with E-state index in [0.717, 1.165) is 29.7 Å². The van der Waals surface area contributed by atoms with Gasteiger partial charge >= 0.3 is 0 Å². The molecule has 0 unspecified atom stereocenters. The topological polar surface area (TPSA) is 108 Å². The zero-order chi connectivity index (χ0) is 26.4. The predicted octanol–water partition coefficient (Wildman–Crippen LogP) is 2.72. The number of amides is 1. The van der Waals surface area contributed by atoms with Crippen LogP contribution in [0, 0.1) is 0 Å². The molecule has 0 saturated heterocycles. The maximum atomic E-state index is 12.8. The lowest BCUT2D eigenvalue weighted by atomic mass is 10.0. The predicted molar refractivity (Wildman–Crippen MR) is 143 cm³/mol. The second-order valence-corrected chi connectivity index (χ2v) is 11.0. The van der Waals surface area contributed by atoms with Crippen LogP contribution in [0.4, 0.5) is 0 Å². The second kappa shape index (κ2) is 15.6. The van der Waals surface area contributed by atoms with E-state index < -0.39 is 28.1 Å². The number of nitrogens with one attached hydrogen (secondary N) is 2. The lowest BCUT2D eigenvalue weighted by Gasteiger charge is -2.25. The summed E-state index contributed by atoms with van der Waals surface area (Å²) in [4.78, 5) is 12.8. The van der Waals surface area contributed by atoms with E-state index in [0.29, 0.717) is 26.1 Å². The Morgan fingerprint density at radius 1 is 1.00 bits per heavy atom. The molecule has 2 aromatic rings. The third kappa shape index (κ3) is 10.3. The summed E-state index contributed by atoms with van der Waals surface area (Å²) in [7, 11) is -1.93. The SMILES string of the molecule is CCCN(CCC)S(=O)(=O)CCC(=O)N[C@@H](Cc1ccc(OC)cc1)[C@H](O)CNCc1ccccc1. The van der Waals surface area contributed by atoms with Crippen LogP contribution in [0.1, 0.15) is 44.2 Å². The van der Waals surface area contributed by atoms with E-state index in [2.05, 4.69) is 10.6 Å². The van der Waals surface area contributed by atoms with Gasteiger partial charge in [-0.25, -0.2) is 12.7 Å². The fraction of sp³-hybridized carbons (Fsp3) is 0.519. The third-order valence-corrected chi connectivity index (χ3v) is 7.75. The van der Waals surface area contributed by atoms with Crippen LogP contribution in [-0.2, 0) is 27.8 Å². The zero-order valence-electron chi connectivity index (χ0n) is 21.7. The van der Waals surface area contributed by atoms with Crippen LogP contribution >= 0.6 is 0 Å². The maximum Gasteiger partial charge on any atom is 0.221 e. The molecule has 0 aliphatic rings. The van der Waals surface area contributed by atoms with Gasteiger partial charge in [0.05, 0.1) is 25.0 Å². The van der Waals surface area contributed by atoms with Crippen molar-refractivity contribution in [1.29, 1.82) is 0 Å². The molecule has 0 heterocycles. The zero-order valence-corrected chi connectivity index (χ0v) is 22.5. The number of sulfonamides is 1. The molecule has 1 amide bonds. The van der Waals surface area contributed by atoms with E-state index in [4.69, 9.17) is 4.74 Å². The van der Waals surface area contributed by atoms with E-state index >= 15 is 0 Å². The molecule has 8 nitrogen and oxygen atoms in total. The summed E-state index contributed by atoms with van der Waals surface area (Å²) in [5, 5.41) is 17.0. The Labute approximate surface area is 216 Å². The van der Waals surface area contributed by atoms with Crippen molar-refractivity contribution in [2.24, 2.45) is 0 Å². The van der Waals surface area contributed by atoms with Crippen LogP contribution < -0.4 is 15.4 Å². The molecule has 0 saturated carbocycles. The van der Waals surface area contributed by atoms with E-state index in [1.54, 1.807) is 7.11 Å². The summed E-state index contributed by atoms with van der Waals surface area (Å²) in [5.74, 6) is 0.0710. The summed E-state index contributed by atoms with van der Waals surface area (Å²) in [6.07, 6.45) is 0.812. The summed E-state index contributed by atoms with van der Waals surface area (Å²) in [6, 6.07) is 16.7. The Morgan fingerprint density at radius 3 is 2.22 bits per heavy atom. The number of carbonyl (C=O) groups excluding carboxylic acids is 1. The number of aliphatic hydroxyl groups is 1. The third-order valence-electron chi connectivity index (χ3n) is 5.88. The minimum absolute atomic E-state index is 0.157. The van der Waals surface area contributed by atoms with Gasteiger partial charge in [-0.1, -0.05) is 56.3 Å². The first-order valence-electron chi connectivity index (χ1n) is 12.6. The molecule has 0 aliphatic heterocycles. The molecule has 0 fully saturated rings. The highest BCUT2D eigenvalue weighted by molar-refractivity contribution is 7.89. The average molecular weight is 520 g/mol. The number of ether oxygens (including phenoxy) is 1. The van der Waals surface area contributed by atoms with Gasteiger partial charge in [-0.05, 0) is 42.5 Å². The van der Waals surface area contributed by atoms with Crippen LogP contribution in [0.15, 0.2) is 54.6 Å². The fourth-order valence-electron chi connectivity index (χ4n) is 3.92. The molecule has 2 rings (SSSR count). The molecule has 0 radical (unpaired) electrons. The van der Waals surface area contributed by atoms with Gasteiger partial charge in [-0.2, -0.15) is 0 Å². The number of aliphatic hydroxyl groups excluding tert-OH is 1. The summed E-state index contributed by atoms with van der Waals surface area (Å²) in [6.45, 7) is 5.62. The van der Waals surface area contributed by atoms with E-state index in [-0.39, 0.29) is 18.7 Å². The molecule has 200 valence electrons. The molecular formula is C27H41N3O5S. The Morgan fingerprint density at radius 2 is 1.64 bits per heavy atom. The largest absolute Gasteiger partial charge is 0.497 e. The molecule has 3 N–H and O–H groups in total. The van der Waals surface area contributed by atoms with Crippen LogP contribution in [0.3, 0.4) is 0 Å². The highest BCUT2D eigenvalue weighted by atomic mass is 32.2. The van der Waals surface area contributed by atoms with Gasteiger partial charge in [0.25, 0.3) is 0 Å². The Balaban J connectivity index is 2.02. The van der Waals surface area contributed by atoms with Crippen molar-refractivity contribution < 1.29 is 23.1 Å². The summed E-state index contributed by atoms with van der Waals surface area (Å²) in [5.41, 5.74) is 2.02. The van der Waals surface area contributed by atoms with Gasteiger partial charge in [-0.15, -0.1) is 0 Å². The number of methoxy groups -OCH3 is 1. The van der Waals surface area contributed by atoms with Crippen molar-refractivity contribution >= 4 is 15.9 Å². The summed E-state index contributed by atoms with van der Waals surface area (Å²) >= 11 is 0. The lowest BCUT2D eigenvalue weighted by molar-refractivity contribution is -0.122. The monoisotopic (exact) mass is 519 g/mol. The second-order valence-electron chi connectivity index (χ2n) is 8.88. The van der Waals surface area contributed by atoms with E-state index in [1.165, 1.54) is 4.31 Å². The molecule has 0 aliphatic carbocycles. The smallest absolute Gasteiger partial charge is 0.221 e. The molecular weight excluding hydrogens is 478 g/mol. The highest BCUT2D eigenvalue weighted by Gasteiger charge is 2.25. The summed E-state index contributed by atoms with van der Waals surface area (Å²) < 4.78 is 32.1.